The van der Waals surface area contributed by atoms with Gasteiger partial charge in [-0.05, 0) is 42.5 Å². The van der Waals surface area contributed by atoms with Gasteiger partial charge in [0.05, 0.1) is 4.90 Å². The summed E-state index contributed by atoms with van der Waals surface area (Å²) in [7, 11) is -3.41. The Hall–Kier alpha value is -2.55. The van der Waals surface area contributed by atoms with Gasteiger partial charge in [-0.25, -0.2) is 13.1 Å². The standard InChI is InChI=1S/C20H22N4O3S/c21-13-15-1-6-16(7-2-15)20-22-19(27-23-20)12-5-14-3-10-18(11-4-14)28(25,26)24-17-8-9-17/h1-4,6-7,10-11,17,24H,5,8-9,12-13,21H2. The molecule has 0 radical (unpaired) electrons. The molecule has 1 aliphatic rings. The van der Waals surface area contributed by atoms with Crippen LogP contribution in [0.25, 0.3) is 11.4 Å². The van der Waals surface area contributed by atoms with E-state index in [1.165, 1.54) is 0 Å². The quantitative estimate of drug-likeness (QED) is 0.603. The topological polar surface area (TPSA) is 111 Å². The molecule has 1 heterocycles. The molecular weight excluding hydrogens is 376 g/mol. The Bertz CT molecular complexity index is 1040. The lowest BCUT2D eigenvalue weighted by molar-refractivity contribution is 0.379. The third-order valence-corrected chi connectivity index (χ3v) is 6.21. The van der Waals surface area contributed by atoms with Crippen molar-refractivity contribution in [2.75, 3.05) is 0 Å². The number of nitrogens with zero attached hydrogens (tertiary/aromatic N) is 2. The van der Waals surface area contributed by atoms with Gasteiger partial charge in [0.25, 0.3) is 0 Å². The van der Waals surface area contributed by atoms with Crippen LogP contribution in [0.1, 0.15) is 29.9 Å². The van der Waals surface area contributed by atoms with Crippen molar-refractivity contribution in [3.05, 3.63) is 65.5 Å². The van der Waals surface area contributed by atoms with Crippen molar-refractivity contribution in [1.82, 2.24) is 14.9 Å². The monoisotopic (exact) mass is 398 g/mol. The lowest BCUT2D eigenvalue weighted by atomic mass is 10.1. The zero-order valence-corrected chi connectivity index (χ0v) is 16.2. The average Bonchev–Trinajstić information content (AvgIpc) is 3.39. The van der Waals surface area contributed by atoms with Gasteiger partial charge in [-0.3, -0.25) is 0 Å². The second kappa shape index (κ2) is 7.83. The van der Waals surface area contributed by atoms with Crippen LogP contribution in [-0.2, 0) is 29.4 Å². The van der Waals surface area contributed by atoms with Crippen LogP contribution >= 0.6 is 0 Å². The number of hydrogen-bond donors (Lipinski definition) is 2. The van der Waals surface area contributed by atoms with Crippen molar-refractivity contribution < 1.29 is 12.9 Å². The molecule has 1 aliphatic carbocycles. The number of hydrogen-bond acceptors (Lipinski definition) is 6. The van der Waals surface area contributed by atoms with Gasteiger partial charge < -0.3 is 10.3 Å². The summed E-state index contributed by atoms with van der Waals surface area (Å²) in [4.78, 5) is 4.73. The van der Waals surface area contributed by atoms with Gasteiger partial charge in [0.1, 0.15) is 0 Å². The van der Waals surface area contributed by atoms with E-state index in [0.717, 1.165) is 29.5 Å². The van der Waals surface area contributed by atoms with Crippen molar-refractivity contribution >= 4 is 10.0 Å². The molecule has 2 aromatic carbocycles. The molecule has 0 amide bonds. The van der Waals surface area contributed by atoms with Gasteiger partial charge in [-0.15, -0.1) is 0 Å². The van der Waals surface area contributed by atoms with Crippen LogP contribution in [0.15, 0.2) is 57.9 Å². The van der Waals surface area contributed by atoms with Crippen LogP contribution in [0.5, 0.6) is 0 Å². The summed E-state index contributed by atoms with van der Waals surface area (Å²) < 4.78 is 32.4. The Labute approximate surface area is 164 Å². The van der Waals surface area contributed by atoms with Crippen molar-refractivity contribution in [2.24, 2.45) is 5.73 Å². The second-order valence-corrected chi connectivity index (χ2v) is 8.67. The van der Waals surface area contributed by atoms with Crippen molar-refractivity contribution in [1.29, 1.82) is 0 Å². The smallest absolute Gasteiger partial charge is 0.240 e. The second-order valence-electron chi connectivity index (χ2n) is 6.95. The Kier molecular flexibility index (Phi) is 5.25. The molecule has 0 aliphatic heterocycles. The molecular formula is C20H22N4O3S. The number of sulfonamides is 1. The maximum atomic E-state index is 12.2. The van der Waals surface area contributed by atoms with Gasteiger partial charge in [0.2, 0.25) is 21.7 Å². The number of rotatable bonds is 8. The molecule has 0 spiro atoms. The number of nitrogens with one attached hydrogen (secondary N) is 1. The molecule has 4 rings (SSSR count). The Morgan fingerprint density at radius 3 is 2.32 bits per heavy atom. The van der Waals surface area contributed by atoms with E-state index in [4.69, 9.17) is 10.3 Å². The fraction of sp³-hybridized carbons (Fsp3) is 0.300. The van der Waals surface area contributed by atoms with E-state index >= 15 is 0 Å². The highest BCUT2D eigenvalue weighted by molar-refractivity contribution is 7.89. The van der Waals surface area contributed by atoms with Gasteiger partial charge in [0, 0.05) is 24.6 Å². The predicted octanol–water partition coefficient (Wildman–Crippen LogP) is 2.42. The lowest BCUT2D eigenvalue weighted by Crippen LogP contribution is -2.25. The molecule has 0 saturated heterocycles. The summed E-state index contributed by atoms with van der Waals surface area (Å²) in [6.07, 6.45) is 3.10. The van der Waals surface area contributed by atoms with E-state index in [0.29, 0.717) is 36.0 Å². The first-order valence-corrected chi connectivity index (χ1v) is 10.7. The van der Waals surface area contributed by atoms with Gasteiger partial charge in [-0.1, -0.05) is 41.6 Å². The Morgan fingerprint density at radius 2 is 1.68 bits per heavy atom. The molecule has 0 unspecified atom stereocenters. The van der Waals surface area contributed by atoms with Gasteiger partial charge >= 0.3 is 0 Å². The molecule has 8 heteroatoms. The number of benzene rings is 2. The molecule has 1 saturated carbocycles. The minimum atomic E-state index is -3.41. The zero-order chi connectivity index (χ0) is 19.6. The van der Waals surface area contributed by atoms with E-state index in [1.807, 2.05) is 36.4 Å². The van der Waals surface area contributed by atoms with Crippen LogP contribution in [0.3, 0.4) is 0 Å². The minimum Gasteiger partial charge on any atom is -0.339 e. The first-order valence-electron chi connectivity index (χ1n) is 9.27. The molecule has 3 N–H and O–H groups in total. The van der Waals surface area contributed by atoms with Gasteiger partial charge in [0.15, 0.2) is 0 Å². The van der Waals surface area contributed by atoms with Crippen molar-refractivity contribution in [3.8, 4) is 11.4 Å². The van der Waals surface area contributed by atoms with E-state index in [9.17, 15) is 8.42 Å². The summed E-state index contributed by atoms with van der Waals surface area (Å²) in [5.74, 6) is 1.09. The van der Waals surface area contributed by atoms with Crippen LogP contribution in [0, 0.1) is 0 Å². The summed E-state index contributed by atoms with van der Waals surface area (Å²) in [6, 6.07) is 14.8. The van der Waals surface area contributed by atoms with Crippen molar-refractivity contribution in [3.63, 3.8) is 0 Å². The highest BCUT2D eigenvalue weighted by Gasteiger charge is 2.27. The van der Waals surface area contributed by atoms with Gasteiger partial charge in [-0.2, -0.15) is 4.98 Å². The van der Waals surface area contributed by atoms with Crippen LogP contribution < -0.4 is 10.5 Å². The molecule has 0 bridgehead atoms. The van der Waals surface area contributed by atoms with E-state index < -0.39 is 10.0 Å². The minimum absolute atomic E-state index is 0.0999. The number of aryl methyl sites for hydroxylation is 2. The highest BCUT2D eigenvalue weighted by Crippen LogP contribution is 2.22. The maximum Gasteiger partial charge on any atom is 0.240 e. The zero-order valence-electron chi connectivity index (χ0n) is 15.3. The Balaban J connectivity index is 1.37. The first kappa shape index (κ1) is 18.8. The molecule has 1 fully saturated rings. The maximum absolute atomic E-state index is 12.2. The number of aromatic nitrogens is 2. The fourth-order valence-corrected chi connectivity index (χ4v) is 4.14. The third kappa shape index (κ3) is 4.46. The fourth-order valence-electron chi connectivity index (χ4n) is 2.84. The summed E-state index contributed by atoms with van der Waals surface area (Å²) >= 11 is 0. The molecule has 0 atom stereocenters. The molecule has 7 nitrogen and oxygen atoms in total. The lowest BCUT2D eigenvalue weighted by Gasteiger charge is -2.06. The van der Waals surface area contributed by atoms with Crippen LogP contribution in [0.4, 0.5) is 0 Å². The van der Waals surface area contributed by atoms with Crippen LogP contribution in [0.2, 0.25) is 0 Å². The van der Waals surface area contributed by atoms with E-state index in [-0.39, 0.29) is 6.04 Å². The predicted molar refractivity (Wildman–Crippen MR) is 105 cm³/mol. The molecule has 1 aromatic heterocycles. The Morgan fingerprint density at radius 1 is 1.00 bits per heavy atom. The summed E-state index contributed by atoms with van der Waals surface area (Å²) in [6.45, 7) is 0.495. The summed E-state index contributed by atoms with van der Waals surface area (Å²) in [5, 5.41) is 4.03. The molecule has 146 valence electrons. The largest absolute Gasteiger partial charge is 0.339 e. The SMILES string of the molecule is NCc1ccc(-c2noc(CCc3ccc(S(=O)(=O)NC4CC4)cc3)n2)cc1. The van der Waals surface area contributed by atoms with Crippen LogP contribution in [-0.4, -0.2) is 24.6 Å². The number of nitrogens with two attached hydrogens (primary N) is 1. The third-order valence-electron chi connectivity index (χ3n) is 4.68. The summed E-state index contributed by atoms with van der Waals surface area (Å²) in [5.41, 5.74) is 8.55. The first-order chi connectivity index (χ1) is 13.5. The van der Waals surface area contributed by atoms with E-state index in [2.05, 4.69) is 14.9 Å². The van der Waals surface area contributed by atoms with E-state index in [1.54, 1.807) is 12.1 Å². The average molecular weight is 398 g/mol. The molecule has 28 heavy (non-hydrogen) atoms. The molecule has 3 aromatic rings. The van der Waals surface area contributed by atoms with Crippen molar-refractivity contribution in [2.45, 2.75) is 43.2 Å². The highest BCUT2D eigenvalue weighted by atomic mass is 32.2. The normalized spacial score (nSPS) is 14.3.